The summed E-state index contributed by atoms with van der Waals surface area (Å²) in [6.07, 6.45) is 4.46. The average Bonchev–Trinajstić information content (AvgIpc) is 2.26. The molecule has 0 aliphatic rings. The third kappa shape index (κ3) is 8.16. The van der Waals surface area contributed by atoms with Crippen molar-refractivity contribution < 1.29 is 5.11 Å². The van der Waals surface area contributed by atoms with Crippen molar-refractivity contribution in [2.24, 2.45) is 0 Å². The van der Waals surface area contributed by atoms with E-state index in [1.54, 1.807) is 6.08 Å². The average molecular weight is 211 g/mol. The molecule has 0 saturated carbocycles. The Labute approximate surface area is 94.4 Å². The predicted molar refractivity (Wildman–Crippen MR) is 69.0 cm³/mol. The Morgan fingerprint density at radius 2 is 2.00 bits per heavy atom. The minimum Gasteiger partial charge on any atom is -0.395 e. The zero-order chi connectivity index (χ0) is 12.3. The van der Waals surface area contributed by atoms with Gasteiger partial charge in [-0.2, -0.15) is 0 Å². The van der Waals surface area contributed by atoms with E-state index in [1.165, 1.54) is 0 Å². The molecule has 0 bridgehead atoms. The second kappa shape index (κ2) is 11.2. The summed E-state index contributed by atoms with van der Waals surface area (Å²) >= 11 is 0. The summed E-state index contributed by atoms with van der Waals surface area (Å²) in [7, 11) is 1.84. The Bertz CT molecular complexity index is 203. The largest absolute Gasteiger partial charge is 0.395 e. The normalized spacial score (nSPS) is 12.5. The van der Waals surface area contributed by atoms with Crippen LogP contribution in [0.15, 0.2) is 36.5 Å². The van der Waals surface area contributed by atoms with E-state index in [0.717, 1.165) is 17.6 Å². The zero-order valence-corrected chi connectivity index (χ0v) is 10.5. The SMILES string of the molecule is C=C/C=C(/CC(CO)NC)C(=C)C.CC. The van der Waals surface area contributed by atoms with Crippen molar-refractivity contribution in [2.45, 2.75) is 33.2 Å². The highest BCUT2D eigenvalue weighted by Gasteiger charge is 2.07. The number of hydrogen-bond acceptors (Lipinski definition) is 2. The van der Waals surface area contributed by atoms with Crippen LogP contribution in [0.1, 0.15) is 27.2 Å². The molecule has 15 heavy (non-hydrogen) atoms. The number of allylic oxidation sites excluding steroid dienone is 3. The van der Waals surface area contributed by atoms with Gasteiger partial charge >= 0.3 is 0 Å². The van der Waals surface area contributed by atoms with E-state index < -0.39 is 0 Å². The molecule has 0 amide bonds. The summed E-state index contributed by atoms with van der Waals surface area (Å²) in [4.78, 5) is 0. The fourth-order valence-corrected chi connectivity index (χ4v) is 1.05. The maximum atomic E-state index is 8.98. The van der Waals surface area contributed by atoms with Crippen LogP contribution in [0.4, 0.5) is 0 Å². The molecule has 2 nitrogen and oxygen atoms in total. The van der Waals surface area contributed by atoms with Crippen molar-refractivity contribution in [1.82, 2.24) is 5.32 Å². The van der Waals surface area contributed by atoms with Crippen molar-refractivity contribution in [2.75, 3.05) is 13.7 Å². The van der Waals surface area contributed by atoms with Crippen LogP contribution in [0.5, 0.6) is 0 Å². The van der Waals surface area contributed by atoms with Crippen molar-refractivity contribution in [3.63, 3.8) is 0 Å². The number of aliphatic hydroxyl groups is 1. The Morgan fingerprint density at radius 3 is 2.27 bits per heavy atom. The van der Waals surface area contributed by atoms with Crippen LogP contribution in [0.25, 0.3) is 0 Å². The van der Waals surface area contributed by atoms with Crippen molar-refractivity contribution in [3.8, 4) is 0 Å². The minimum atomic E-state index is 0.0999. The molecule has 0 aromatic carbocycles. The van der Waals surface area contributed by atoms with Gasteiger partial charge in [-0.1, -0.05) is 44.7 Å². The highest BCUT2D eigenvalue weighted by Crippen LogP contribution is 2.13. The Balaban J connectivity index is 0. The lowest BCUT2D eigenvalue weighted by Crippen LogP contribution is -2.29. The first kappa shape index (κ1) is 16.6. The molecule has 1 unspecified atom stereocenters. The third-order valence-electron chi connectivity index (χ3n) is 1.96. The number of hydrogen-bond donors (Lipinski definition) is 2. The minimum absolute atomic E-state index is 0.0999. The van der Waals surface area contributed by atoms with Crippen LogP contribution >= 0.6 is 0 Å². The summed E-state index contributed by atoms with van der Waals surface area (Å²) < 4.78 is 0. The maximum Gasteiger partial charge on any atom is 0.0587 e. The van der Waals surface area contributed by atoms with Crippen molar-refractivity contribution in [1.29, 1.82) is 0 Å². The van der Waals surface area contributed by atoms with E-state index in [-0.39, 0.29) is 12.6 Å². The Hall–Kier alpha value is -0.860. The fraction of sp³-hybridized carbons (Fsp3) is 0.538. The highest BCUT2D eigenvalue weighted by molar-refractivity contribution is 5.30. The predicted octanol–water partition coefficient (Wildman–Crippen LogP) is 2.67. The lowest BCUT2D eigenvalue weighted by molar-refractivity contribution is 0.248. The molecule has 0 aliphatic heterocycles. The van der Waals surface area contributed by atoms with Crippen molar-refractivity contribution >= 4 is 0 Å². The molecule has 1 atom stereocenters. The van der Waals surface area contributed by atoms with Crippen LogP contribution < -0.4 is 5.32 Å². The zero-order valence-electron chi connectivity index (χ0n) is 10.5. The number of aliphatic hydroxyl groups excluding tert-OH is 1. The van der Waals surface area contributed by atoms with Crippen LogP contribution in [0, 0.1) is 0 Å². The number of nitrogens with one attached hydrogen (secondary N) is 1. The number of likely N-dealkylation sites (N-methyl/N-ethyl adjacent to an activating group) is 1. The molecule has 0 fully saturated rings. The van der Waals surface area contributed by atoms with Crippen LogP contribution in [-0.2, 0) is 0 Å². The van der Waals surface area contributed by atoms with Gasteiger partial charge in [0.1, 0.15) is 0 Å². The molecule has 0 aromatic heterocycles. The van der Waals surface area contributed by atoms with Gasteiger partial charge in [-0.05, 0) is 26.0 Å². The molecule has 0 aromatic rings. The van der Waals surface area contributed by atoms with Gasteiger partial charge in [0.05, 0.1) is 6.61 Å². The lowest BCUT2D eigenvalue weighted by atomic mass is 10.0. The second-order valence-corrected chi connectivity index (χ2v) is 3.08. The lowest BCUT2D eigenvalue weighted by Gasteiger charge is -2.15. The molecule has 2 N–H and O–H groups in total. The smallest absolute Gasteiger partial charge is 0.0587 e. The summed E-state index contributed by atoms with van der Waals surface area (Å²) in [5.41, 5.74) is 2.15. The summed E-state index contributed by atoms with van der Waals surface area (Å²) in [6, 6.07) is 0.0999. The first-order chi connectivity index (χ1) is 7.15. The molecule has 88 valence electrons. The number of rotatable bonds is 6. The van der Waals surface area contributed by atoms with Crippen molar-refractivity contribution in [3.05, 3.63) is 36.5 Å². The molecule has 2 heteroatoms. The van der Waals surface area contributed by atoms with Gasteiger partial charge in [0, 0.05) is 6.04 Å². The van der Waals surface area contributed by atoms with Gasteiger partial charge in [-0.15, -0.1) is 0 Å². The third-order valence-corrected chi connectivity index (χ3v) is 1.96. The van der Waals surface area contributed by atoms with E-state index in [4.69, 9.17) is 5.11 Å². The standard InChI is InChI=1S/C11H19NO.C2H6/c1-5-6-10(9(2)3)7-11(8-13)12-4;1-2/h5-6,11-13H,1-2,7-8H2,3-4H3;1-2H3/b10-6-;. The van der Waals surface area contributed by atoms with Crippen LogP contribution in [0.2, 0.25) is 0 Å². The summed E-state index contributed by atoms with van der Waals surface area (Å²) in [6.45, 7) is 13.6. The molecule has 0 aliphatic carbocycles. The molecular formula is C13H25NO. The monoisotopic (exact) mass is 211 g/mol. The van der Waals surface area contributed by atoms with E-state index in [1.807, 2.05) is 33.9 Å². The Kier molecular flexibility index (Phi) is 12.4. The first-order valence-corrected chi connectivity index (χ1v) is 5.41. The fourth-order valence-electron chi connectivity index (χ4n) is 1.05. The second-order valence-electron chi connectivity index (χ2n) is 3.08. The molecule has 0 rings (SSSR count). The van der Waals surface area contributed by atoms with Gasteiger partial charge in [0.15, 0.2) is 0 Å². The molecule has 0 saturated heterocycles. The van der Waals surface area contributed by atoms with Gasteiger partial charge < -0.3 is 10.4 Å². The van der Waals surface area contributed by atoms with E-state index >= 15 is 0 Å². The maximum absolute atomic E-state index is 8.98. The van der Waals surface area contributed by atoms with Gasteiger partial charge in [0.2, 0.25) is 0 Å². The van der Waals surface area contributed by atoms with Crippen LogP contribution in [0.3, 0.4) is 0 Å². The van der Waals surface area contributed by atoms with E-state index in [2.05, 4.69) is 18.5 Å². The van der Waals surface area contributed by atoms with Gasteiger partial charge in [-0.3, -0.25) is 0 Å². The molecule has 0 heterocycles. The topological polar surface area (TPSA) is 32.3 Å². The molecule has 0 radical (unpaired) electrons. The summed E-state index contributed by atoms with van der Waals surface area (Å²) in [5, 5.41) is 12.0. The highest BCUT2D eigenvalue weighted by atomic mass is 16.3. The van der Waals surface area contributed by atoms with E-state index in [9.17, 15) is 0 Å². The molecule has 0 spiro atoms. The van der Waals surface area contributed by atoms with Crippen LogP contribution in [-0.4, -0.2) is 24.8 Å². The van der Waals surface area contributed by atoms with E-state index in [0.29, 0.717) is 0 Å². The van der Waals surface area contributed by atoms with Gasteiger partial charge in [0.25, 0.3) is 0 Å². The first-order valence-electron chi connectivity index (χ1n) is 5.41. The summed E-state index contributed by atoms with van der Waals surface area (Å²) in [5.74, 6) is 0. The quantitative estimate of drug-likeness (QED) is 0.662. The Morgan fingerprint density at radius 1 is 1.47 bits per heavy atom. The molecular weight excluding hydrogens is 186 g/mol. The van der Waals surface area contributed by atoms with Gasteiger partial charge in [-0.25, -0.2) is 0 Å².